The first-order valence-electron chi connectivity index (χ1n) is 8.07. The summed E-state index contributed by atoms with van der Waals surface area (Å²) >= 11 is 0. The maximum Gasteiger partial charge on any atom is 0.0320 e. The van der Waals surface area contributed by atoms with Crippen molar-refractivity contribution < 1.29 is 0 Å². The van der Waals surface area contributed by atoms with E-state index in [1.54, 1.807) is 0 Å². The van der Waals surface area contributed by atoms with Crippen LogP contribution in [-0.2, 0) is 6.42 Å². The summed E-state index contributed by atoms with van der Waals surface area (Å²) in [7, 11) is 0. The van der Waals surface area contributed by atoms with Crippen molar-refractivity contribution in [3.05, 3.63) is 66.0 Å². The van der Waals surface area contributed by atoms with Gasteiger partial charge in [0, 0.05) is 18.4 Å². The number of pyridine rings is 1. The quantitative estimate of drug-likeness (QED) is 0.683. The Labute approximate surface area is 128 Å². The average Bonchev–Trinajstić information content (AvgIpc) is 2.55. The van der Waals surface area contributed by atoms with Gasteiger partial charge in [-0.25, -0.2) is 0 Å². The van der Waals surface area contributed by atoms with E-state index in [0.29, 0.717) is 6.04 Å². The number of benzene rings is 1. The molecule has 0 saturated carbocycles. The topological polar surface area (TPSA) is 24.9 Å². The zero-order valence-corrected chi connectivity index (χ0v) is 13.0. The van der Waals surface area contributed by atoms with E-state index < -0.39 is 0 Å². The van der Waals surface area contributed by atoms with E-state index in [2.05, 4.69) is 59.7 Å². The minimum Gasteiger partial charge on any atom is -0.310 e. The second kappa shape index (κ2) is 9.30. The van der Waals surface area contributed by atoms with Gasteiger partial charge in [0.2, 0.25) is 0 Å². The summed E-state index contributed by atoms with van der Waals surface area (Å²) in [4.78, 5) is 4.07. The fraction of sp³-hybridized carbons (Fsp3) is 0.421. The number of nitrogens with one attached hydrogen (secondary N) is 1. The Kier molecular flexibility index (Phi) is 6.96. The summed E-state index contributed by atoms with van der Waals surface area (Å²) in [6.07, 6.45) is 9.89. The van der Waals surface area contributed by atoms with Crippen LogP contribution in [0.2, 0.25) is 0 Å². The molecule has 2 rings (SSSR count). The lowest BCUT2D eigenvalue weighted by Gasteiger charge is -2.19. The standard InChI is InChI=1S/C19H26N2/c1-2-3-5-10-19(18-8-6-4-7-9-18)21-16-13-17-11-14-20-15-12-17/h4,6-9,11-12,14-15,19,21H,2-3,5,10,13,16H2,1H3. The van der Waals surface area contributed by atoms with Gasteiger partial charge in [0.15, 0.2) is 0 Å². The molecule has 2 aromatic rings. The van der Waals surface area contributed by atoms with Crippen molar-refractivity contribution in [2.45, 2.75) is 45.1 Å². The van der Waals surface area contributed by atoms with E-state index in [1.807, 2.05) is 12.4 Å². The normalized spacial score (nSPS) is 12.2. The molecule has 0 bridgehead atoms. The molecule has 1 heterocycles. The largest absolute Gasteiger partial charge is 0.310 e. The summed E-state index contributed by atoms with van der Waals surface area (Å²) < 4.78 is 0. The molecule has 0 aliphatic heterocycles. The fourth-order valence-electron chi connectivity index (χ4n) is 2.61. The molecule has 112 valence electrons. The lowest BCUT2D eigenvalue weighted by molar-refractivity contribution is 0.477. The lowest BCUT2D eigenvalue weighted by Crippen LogP contribution is -2.23. The zero-order chi connectivity index (χ0) is 14.8. The molecule has 1 unspecified atom stereocenters. The van der Waals surface area contributed by atoms with Crippen molar-refractivity contribution in [3.8, 4) is 0 Å². The van der Waals surface area contributed by atoms with Crippen molar-refractivity contribution in [2.75, 3.05) is 6.54 Å². The van der Waals surface area contributed by atoms with Crippen molar-refractivity contribution in [3.63, 3.8) is 0 Å². The predicted octanol–water partition coefficient (Wildman–Crippen LogP) is 4.54. The van der Waals surface area contributed by atoms with Gasteiger partial charge >= 0.3 is 0 Å². The lowest BCUT2D eigenvalue weighted by atomic mass is 10.00. The number of hydrogen-bond acceptors (Lipinski definition) is 2. The average molecular weight is 282 g/mol. The summed E-state index contributed by atoms with van der Waals surface area (Å²) in [6.45, 7) is 3.27. The van der Waals surface area contributed by atoms with Gasteiger partial charge in [-0.3, -0.25) is 4.98 Å². The van der Waals surface area contributed by atoms with Gasteiger partial charge in [0.05, 0.1) is 0 Å². The van der Waals surface area contributed by atoms with Crippen molar-refractivity contribution in [1.29, 1.82) is 0 Å². The fourth-order valence-corrected chi connectivity index (χ4v) is 2.61. The highest BCUT2D eigenvalue weighted by molar-refractivity contribution is 5.19. The highest BCUT2D eigenvalue weighted by Crippen LogP contribution is 2.19. The van der Waals surface area contributed by atoms with E-state index in [9.17, 15) is 0 Å². The van der Waals surface area contributed by atoms with Crippen LogP contribution in [0.1, 0.15) is 49.8 Å². The molecule has 0 radical (unpaired) electrons. The number of hydrogen-bond donors (Lipinski definition) is 1. The molecule has 2 nitrogen and oxygen atoms in total. The van der Waals surface area contributed by atoms with E-state index in [-0.39, 0.29) is 0 Å². The summed E-state index contributed by atoms with van der Waals surface area (Å²) in [6, 6.07) is 15.5. The minimum absolute atomic E-state index is 0.472. The molecule has 1 aromatic carbocycles. The maximum absolute atomic E-state index is 4.07. The second-order valence-corrected chi connectivity index (χ2v) is 5.52. The summed E-state index contributed by atoms with van der Waals surface area (Å²) in [5, 5.41) is 3.72. The minimum atomic E-state index is 0.472. The van der Waals surface area contributed by atoms with Crippen LogP contribution in [0.25, 0.3) is 0 Å². The van der Waals surface area contributed by atoms with Crippen molar-refractivity contribution in [1.82, 2.24) is 10.3 Å². The van der Waals surface area contributed by atoms with Crippen LogP contribution in [0.5, 0.6) is 0 Å². The number of unbranched alkanes of at least 4 members (excludes halogenated alkanes) is 2. The van der Waals surface area contributed by atoms with Gasteiger partial charge in [-0.2, -0.15) is 0 Å². The van der Waals surface area contributed by atoms with Crippen LogP contribution in [0.4, 0.5) is 0 Å². The molecule has 0 aliphatic rings. The van der Waals surface area contributed by atoms with E-state index in [4.69, 9.17) is 0 Å². The maximum atomic E-state index is 4.07. The highest BCUT2D eigenvalue weighted by atomic mass is 14.9. The van der Waals surface area contributed by atoms with Crippen molar-refractivity contribution >= 4 is 0 Å². The third kappa shape index (κ3) is 5.68. The van der Waals surface area contributed by atoms with E-state index in [0.717, 1.165) is 13.0 Å². The van der Waals surface area contributed by atoms with Crippen LogP contribution in [-0.4, -0.2) is 11.5 Å². The molecule has 1 atom stereocenters. The van der Waals surface area contributed by atoms with Crippen LogP contribution in [0, 0.1) is 0 Å². The Hall–Kier alpha value is -1.67. The van der Waals surface area contributed by atoms with Gasteiger partial charge in [-0.1, -0.05) is 56.5 Å². The third-order valence-corrected chi connectivity index (χ3v) is 3.85. The Bertz CT molecular complexity index is 481. The van der Waals surface area contributed by atoms with Crippen LogP contribution >= 0.6 is 0 Å². The molecular formula is C19H26N2. The van der Waals surface area contributed by atoms with Gasteiger partial charge < -0.3 is 5.32 Å². The Morgan fingerprint density at radius 2 is 1.76 bits per heavy atom. The number of nitrogens with zero attached hydrogens (tertiary/aromatic N) is 1. The Morgan fingerprint density at radius 1 is 1.00 bits per heavy atom. The van der Waals surface area contributed by atoms with Gasteiger partial charge in [-0.05, 0) is 42.6 Å². The molecular weight excluding hydrogens is 256 g/mol. The zero-order valence-electron chi connectivity index (χ0n) is 13.0. The molecule has 0 spiro atoms. The molecule has 0 aliphatic carbocycles. The molecule has 1 aromatic heterocycles. The molecule has 1 N–H and O–H groups in total. The Morgan fingerprint density at radius 3 is 2.48 bits per heavy atom. The third-order valence-electron chi connectivity index (χ3n) is 3.85. The van der Waals surface area contributed by atoms with Gasteiger partial charge in [0.1, 0.15) is 0 Å². The summed E-state index contributed by atoms with van der Waals surface area (Å²) in [5.74, 6) is 0. The first kappa shape index (κ1) is 15.7. The SMILES string of the molecule is CCCCCC(NCCc1ccncc1)c1ccccc1. The van der Waals surface area contributed by atoms with Crippen LogP contribution < -0.4 is 5.32 Å². The monoisotopic (exact) mass is 282 g/mol. The summed E-state index contributed by atoms with van der Waals surface area (Å²) in [5.41, 5.74) is 2.75. The molecule has 0 saturated heterocycles. The smallest absolute Gasteiger partial charge is 0.0320 e. The second-order valence-electron chi connectivity index (χ2n) is 5.52. The van der Waals surface area contributed by atoms with Crippen molar-refractivity contribution in [2.24, 2.45) is 0 Å². The van der Waals surface area contributed by atoms with Crippen LogP contribution in [0.3, 0.4) is 0 Å². The van der Waals surface area contributed by atoms with E-state index >= 15 is 0 Å². The Balaban J connectivity index is 1.86. The number of rotatable bonds is 9. The first-order chi connectivity index (χ1) is 10.4. The molecule has 0 amide bonds. The molecule has 0 fully saturated rings. The van der Waals surface area contributed by atoms with Crippen LogP contribution in [0.15, 0.2) is 54.9 Å². The number of aromatic nitrogens is 1. The predicted molar refractivity (Wildman–Crippen MR) is 89.3 cm³/mol. The molecule has 2 heteroatoms. The highest BCUT2D eigenvalue weighted by Gasteiger charge is 2.09. The molecule has 21 heavy (non-hydrogen) atoms. The van der Waals surface area contributed by atoms with E-state index in [1.165, 1.54) is 36.8 Å². The van der Waals surface area contributed by atoms with Gasteiger partial charge in [-0.15, -0.1) is 0 Å². The first-order valence-corrected chi connectivity index (χ1v) is 8.07. The van der Waals surface area contributed by atoms with Gasteiger partial charge in [0.25, 0.3) is 0 Å².